The first-order chi connectivity index (χ1) is 9.24. The Balaban J connectivity index is 1.91. The van der Waals surface area contributed by atoms with Gasteiger partial charge in [-0.2, -0.15) is 0 Å². The van der Waals surface area contributed by atoms with Gasteiger partial charge in [0.1, 0.15) is 0 Å². The molecule has 1 aromatic carbocycles. The number of ether oxygens (including phenoxy) is 3. The average Bonchev–Trinajstić information content (AvgIpc) is 2.98. The van der Waals surface area contributed by atoms with Crippen LogP contribution >= 0.6 is 0 Å². The van der Waals surface area contributed by atoms with Gasteiger partial charge in [-0.05, 0) is 37.5 Å². The molecular weight excluding hydrogens is 242 g/mol. The van der Waals surface area contributed by atoms with Crippen LogP contribution in [0.5, 0.6) is 11.5 Å². The molecular formula is C15H23NO3. The third kappa shape index (κ3) is 3.61. The minimum absolute atomic E-state index is 0.347. The predicted octanol–water partition coefficient (Wildman–Crippen LogP) is 2.36. The van der Waals surface area contributed by atoms with Crippen molar-refractivity contribution in [2.24, 2.45) is 0 Å². The molecule has 0 aliphatic carbocycles. The Morgan fingerprint density at radius 2 is 2.11 bits per heavy atom. The molecule has 1 saturated heterocycles. The molecule has 0 radical (unpaired) electrons. The second kappa shape index (κ2) is 6.78. The first-order valence-electron chi connectivity index (χ1n) is 6.80. The van der Waals surface area contributed by atoms with Crippen LogP contribution in [-0.2, 0) is 11.3 Å². The zero-order valence-corrected chi connectivity index (χ0v) is 11.9. The highest BCUT2D eigenvalue weighted by atomic mass is 16.5. The molecule has 1 aliphatic rings. The summed E-state index contributed by atoms with van der Waals surface area (Å²) in [7, 11) is 3.30. The van der Waals surface area contributed by atoms with Crippen LogP contribution in [0.3, 0.4) is 0 Å². The van der Waals surface area contributed by atoms with Crippen LogP contribution in [0.4, 0.5) is 0 Å². The van der Waals surface area contributed by atoms with Gasteiger partial charge in [-0.25, -0.2) is 0 Å². The van der Waals surface area contributed by atoms with Crippen molar-refractivity contribution >= 4 is 0 Å². The van der Waals surface area contributed by atoms with Gasteiger partial charge in [0.2, 0.25) is 0 Å². The third-order valence-corrected chi connectivity index (χ3v) is 3.60. The van der Waals surface area contributed by atoms with E-state index in [4.69, 9.17) is 14.2 Å². The van der Waals surface area contributed by atoms with E-state index in [1.54, 1.807) is 14.2 Å². The molecule has 0 spiro atoms. The Hall–Kier alpha value is -1.26. The van der Waals surface area contributed by atoms with Gasteiger partial charge in [0.25, 0.3) is 0 Å². The van der Waals surface area contributed by atoms with E-state index in [1.165, 1.54) is 12.0 Å². The van der Waals surface area contributed by atoms with E-state index >= 15 is 0 Å². The minimum Gasteiger partial charge on any atom is -0.493 e. The highest BCUT2D eigenvalue weighted by Crippen LogP contribution is 2.27. The number of hydrogen-bond acceptors (Lipinski definition) is 4. The van der Waals surface area contributed by atoms with E-state index in [2.05, 4.69) is 18.3 Å². The lowest BCUT2D eigenvalue weighted by atomic mass is 10.1. The first-order valence-corrected chi connectivity index (χ1v) is 6.80. The van der Waals surface area contributed by atoms with Gasteiger partial charge in [0, 0.05) is 19.2 Å². The fraction of sp³-hybridized carbons (Fsp3) is 0.600. The van der Waals surface area contributed by atoms with Gasteiger partial charge in [-0.1, -0.05) is 6.07 Å². The van der Waals surface area contributed by atoms with Crippen LogP contribution in [0.2, 0.25) is 0 Å². The zero-order valence-electron chi connectivity index (χ0n) is 11.9. The van der Waals surface area contributed by atoms with Crippen molar-refractivity contribution in [3.05, 3.63) is 23.8 Å². The quantitative estimate of drug-likeness (QED) is 0.857. The monoisotopic (exact) mass is 265 g/mol. The highest BCUT2D eigenvalue weighted by molar-refractivity contribution is 5.42. The summed E-state index contributed by atoms with van der Waals surface area (Å²) >= 11 is 0. The van der Waals surface area contributed by atoms with Crippen LogP contribution in [0.25, 0.3) is 0 Å². The summed E-state index contributed by atoms with van der Waals surface area (Å²) in [5.41, 5.74) is 1.18. The molecule has 1 fully saturated rings. The lowest BCUT2D eigenvalue weighted by Gasteiger charge is -2.20. The van der Waals surface area contributed by atoms with Gasteiger partial charge in [0.05, 0.1) is 20.3 Å². The minimum atomic E-state index is 0.347. The SMILES string of the molecule is COc1ccc(CNC(C)C2CCCO2)cc1OC. The molecule has 2 unspecified atom stereocenters. The molecule has 0 saturated carbocycles. The third-order valence-electron chi connectivity index (χ3n) is 3.60. The van der Waals surface area contributed by atoms with Gasteiger partial charge < -0.3 is 19.5 Å². The zero-order chi connectivity index (χ0) is 13.7. The summed E-state index contributed by atoms with van der Waals surface area (Å²) in [4.78, 5) is 0. The molecule has 106 valence electrons. The predicted molar refractivity (Wildman–Crippen MR) is 74.8 cm³/mol. The van der Waals surface area contributed by atoms with Gasteiger partial charge >= 0.3 is 0 Å². The van der Waals surface area contributed by atoms with Gasteiger partial charge in [-0.15, -0.1) is 0 Å². The summed E-state index contributed by atoms with van der Waals surface area (Å²) in [5.74, 6) is 1.53. The average molecular weight is 265 g/mol. The van der Waals surface area contributed by atoms with Gasteiger partial charge in [-0.3, -0.25) is 0 Å². The van der Waals surface area contributed by atoms with Crippen molar-refractivity contribution in [1.29, 1.82) is 0 Å². The molecule has 1 aliphatic heterocycles. The maximum atomic E-state index is 5.68. The summed E-state index contributed by atoms with van der Waals surface area (Å²) in [6, 6.07) is 6.37. The molecule has 0 amide bonds. The van der Waals surface area contributed by atoms with Crippen LogP contribution in [0, 0.1) is 0 Å². The second-order valence-corrected chi connectivity index (χ2v) is 4.91. The fourth-order valence-electron chi connectivity index (χ4n) is 2.40. The van der Waals surface area contributed by atoms with Crippen molar-refractivity contribution in [2.75, 3.05) is 20.8 Å². The topological polar surface area (TPSA) is 39.7 Å². The number of nitrogens with one attached hydrogen (secondary N) is 1. The van der Waals surface area contributed by atoms with Gasteiger partial charge in [0.15, 0.2) is 11.5 Å². The van der Waals surface area contributed by atoms with E-state index in [0.717, 1.165) is 31.1 Å². The molecule has 0 bridgehead atoms. The smallest absolute Gasteiger partial charge is 0.161 e. The molecule has 1 aromatic rings. The van der Waals surface area contributed by atoms with Crippen LogP contribution in [-0.4, -0.2) is 33.0 Å². The highest BCUT2D eigenvalue weighted by Gasteiger charge is 2.21. The van der Waals surface area contributed by atoms with Crippen molar-refractivity contribution < 1.29 is 14.2 Å². The molecule has 1 N–H and O–H groups in total. The standard InChI is InChI=1S/C15H23NO3/c1-11(13-5-4-8-19-13)16-10-12-6-7-14(17-2)15(9-12)18-3/h6-7,9,11,13,16H,4-5,8,10H2,1-3H3. The molecule has 0 aromatic heterocycles. The summed E-state index contributed by atoms with van der Waals surface area (Å²) < 4.78 is 16.2. The van der Waals surface area contributed by atoms with E-state index in [-0.39, 0.29) is 0 Å². The van der Waals surface area contributed by atoms with E-state index < -0.39 is 0 Å². The lowest BCUT2D eigenvalue weighted by molar-refractivity contribution is 0.0832. The number of hydrogen-bond donors (Lipinski definition) is 1. The number of methoxy groups -OCH3 is 2. The molecule has 19 heavy (non-hydrogen) atoms. The van der Waals surface area contributed by atoms with Crippen molar-refractivity contribution in [3.63, 3.8) is 0 Å². The van der Waals surface area contributed by atoms with Crippen molar-refractivity contribution in [3.8, 4) is 11.5 Å². The lowest BCUT2D eigenvalue weighted by Crippen LogP contribution is -2.36. The number of rotatable bonds is 6. The number of benzene rings is 1. The van der Waals surface area contributed by atoms with E-state index in [9.17, 15) is 0 Å². The Kier molecular flexibility index (Phi) is 5.05. The summed E-state index contributed by atoms with van der Waals surface area (Å²) in [6.07, 6.45) is 2.67. The maximum absolute atomic E-state index is 5.68. The second-order valence-electron chi connectivity index (χ2n) is 4.91. The van der Waals surface area contributed by atoms with Crippen molar-refractivity contribution in [1.82, 2.24) is 5.32 Å². The Bertz CT molecular complexity index is 402. The Labute approximate surface area is 115 Å². The first kappa shape index (κ1) is 14.2. The van der Waals surface area contributed by atoms with Crippen LogP contribution < -0.4 is 14.8 Å². The maximum Gasteiger partial charge on any atom is 0.161 e. The molecule has 1 heterocycles. The Morgan fingerprint density at radius 3 is 2.74 bits per heavy atom. The molecule has 2 rings (SSSR count). The van der Waals surface area contributed by atoms with Crippen LogP contribution in [0.1, 0.15) is 25.3 Å². The molecule has 2 atom stereocenters. The van der Waals surface area contributed by atoms with E-state index in [0.29, 0.717) is 12.1 Å². The van der Waals surface area contributed by atoms with E-state index in [1.807, 2.05) is 12.1 Å². The van der Waals surface area contributed by atoms with Crippen molar-refractivity contribution in [2.45, 2.75) is 38.5 Å². The fourth-order valence-corrected chi connectivity index (χ4v) is 2.40. The summed E-state index contributed by atoms with van der Waals surface area (Å²) in [6.45, 7) is 3.88. The summed E-state index contributed by atoms with van der Waals surface area (Å²) in [5, 5.41) is 3.51. The molecule has 4 nitrogen and oxygen atoms in total. The van der Waals surface area contributed by atoms with Crippen LogP contribution in [0.15, 0.2) is 18.2 Å². The Morgan fingerprint density at radius 1 is 1.32 bits per heavy atom. The molecule has 4 heteroatoms. The normalized spacial score (nSPS) is 20.3. The largest absolute Gasteiger partial charge is 0.493 e.